The molecule has 1 amide bonds. The largest absolute Gasteiger partial charge is 0.494 e. The molecule has 1 saturated carbocycles. The first-order chi connectivity index (χ1) is 9.76. The number of carbonyl (C=O) groups excluding carboxylic acids is 1. The van der Waals surface area contributed by atoms with E-state index in [9.17, 15) is 4.79 Å². The maximum absolute atomic E-state index is 12.1. The Bertz CT molecular complexity index is 605. The number of rotatable bonds is 5. The minimum atomic E-state index is -0.174. The fourth-order valence-corrected chi connectivity index (χ4v) is 2.73. The van der Waals surface area contributed by atoms with Gasteiger partial charge >= 0.3 is 0 Å². The van der Waals surface area contributed by atoms with Gasteiger partial charge in [-0.2, -0.15) is 0 Å². The third kappa shape index (κ3) is 2.96. The summed E-state index contributed by atoms with van der Waals surface area (Å²) in [5, 5.41) is 12.5. The fraction of sp³-hybridized carbons (Fsp3) is 0.357. The summed E-state index contributed by atoms with van der Waals surface area (Å²) in [6.45, 7) is 2.54. The molecule has 1 fully saturated rings. The molecule has 0 spiro atoms. The third-order valence-corrected chi connectivity index (χ3v) is 4.02. The van der Waals surface area contributed by atoms with Crippen LogP contribution in [0, 0.1) is 0 Å². The summed E-state index contributed by atoms with van der Waals surface area (Å²) in [6.07, 6.45) is 2.36. The molecular formula is C14H15N3O2S. The molecule has 1 N–H and O–H groups in total. The van der Waals surface area contributed by atoms with Gasteiger partial charge in [0.15, 0.2) is 0 Å². The summed E-state index contributed by atoms with van der Waals surface area (Å²) in [5.41, 5.74) is 0.580. The predicted octanol–water partition coefficient (Wildman–Crippen LogP) is 3.07. The number of amides is 1. The molecular weight excluding hydrogens is 274 g/mol. The molecule has 0 bridgehead atoms. The van der Waals surface area contributed by atoms with E-state index in [0.29, 0.717) is 23.2 Å². The first kappa shape index (κ1) is 13.1. The number of anilines is 1. The predicted molar refractivity (Wildman–Crippen MR) is 77.4 cm³/mol. The van der Waals surface area contributed by atoms with Crippen LogP contribution in [0.3, 0.4) is 0 Å². The molecule has 2 aromatic rings. The maximum Gasteiger partial charge on any atom is 0.257 e. The Morgan fingerprint density at radius 3 is 2.75 bits per heavy atom. The second-order valence-electron chi connectivity index (χ2n) is 4.63. The summed E-state index contributed by atoms with van der Waals surface area (Å²) < 4.78 is 5.34. The van der Waals surface area contributed by atoms with Gasteiger partial charge in [-0.1, -0.05) is 11.3 Å². The van der Waals surface area contributed by atoms with Crippen LogP contribution in [0.15, 0.2) is 24.3 Å². The highest BCUT2D eigenvalue weighted by atomic mass is 32.1. The van der Waals surface area contributed by atoms with Gasteiger partial charge in [-0.05, 0) is 44.0 Å². The number of hydrogen-bond acceptors (Lipinski definition) is 5. The van der Waals surface area contributed by atoms with Crippen LogP contribution in [0.4, 0.5) is 5.13 Å². The van der Waals surface area contributed by atoms with E-state index < -0.39 is 0 Å². The van der Waals surface area contributed by atoms with Crippen molar-refractivity contribution < 1.29 is 9.53 Å². The van der Waals surface area contributed by atoms with E-state index in [2.05, 4.69) is 15.5 Å². The molecule has 104 valence electrons. The van der Waals surface area contributed by atoms with Gasteiger partial charge in [0.05, 0.1) is 6.61 Å². The average molecular weight is 289 g/mol. The van der Waals surface area contributed by atoms with Gasteiger partial charge in [-0.15, -0.1) is 10.2 Å². The van der Waals surface area contributed by atoms with E-state index in [-0.39, 0.29) is 5.91 Å². The second kappa shape index (κ2) is 5.58. The Morgan fingerprint density at radius 2 is 2.10 bits per heavy atom. The highest BCUT2D eigenvalue weighted by Gasteiger charge is 2.27. The van der Waals surface area contributed by atoms with Gasteiger partial charge in [0, 0.05) is 11.5 Å². The Balaban J connectivity index is 1.65. The SMILES string of the molecule is CCOc1ccc(C(=O)Nc2nnc(C3CC3)s2)cc1. The standard InChI is InChI=1S/C14H15N3O2S/c1-2-19-11-7-5-9(6-8-11)12(18)15-14-17-16-13(20-14)10-3-4-10/h5-8,10H,2-4H2,1H3,(H,15,17,18). The summed E-state index contributed by atoms with van der Waals surface area (Å²) in [7, 11) is 0. The Hall–Kier alpha value is -1.95. The van der Waals surface area contributed by atoms with Crippen LogP contribution in [0.25, 0.3) is 0 Å². The van der Waals surface area contributed by atoms with E-state index in [4.69, 9.17) is 4.74 Å². The number of ether oxygens (including phenoxy) is 1. The van der Waals surface area contributed by atoms with Crippen molar-refractivity contribution in [1.29, 1.82) is 0 Å². The number of benzene rings is 1. The van der Waals surface area contributed by atoms with Gasteiger partial charge in [-0.25, -0.2) is 0 Å². The van der Waals surface area contributed by atoms with E-state index in [1.807, 2.05) is 6.92 Å². The molecule has 5 nitrogen and oxygen atoms in total. The lowest BCUT2D eigenvalue weighted by Crippen LogP contribution is -2.11. The minimum Gasteiger partial charge on any atom is -0.494 e. The second-order valence-corrected chi connectivity index (χ2v) is 5.64. The summed E-state index contributed by atoms with van der Waals surface area (Å²) in [6, 6.07) is 7.05. The molecule has 1 heterocycles. The van der Waals surface area contributed by atoms with Crippen molar-refractivity contribution in [3.63, 3.8) is 0 Å². The number of hydrogen-bond donors (Lipinski definition) is 1. The third-order valence-electron chi connectivity index (χ3n) is 3.02. The monoisotopic (exact) mass is 289 g/mol. The van der Waals surface area contributed by atoms with E-state index >= 15 is 0 Å². The molecule has 1 aliphatic carbocycles. The van der Waals surface area contributed by atoms with Gasteiger partial charge in [-0.3, -0.25) is 10.1 Å². The fourth-order valence-electron chi connectivity index (χ4n) is 1.82. The zero-order valence-corrected chi connectivity index (χ0v) is 11.9. The molecule has 20 heavy (non-hydrogen) atoms. The van der Waals surface area contributed by atoms with Crippen molar-refractivity contribution in [2.45, 2.75) is 25.7 Å². The van der Waals surface area contributed by atoms with Crippen molar-refractivity contribution in [3.8, 4) is 5.75 Å². The topological polar surface area (TPSA) is 64.1 Å². The molecule has 0 aliphatic heterocycles. The highest BCUT2D eigenvalue weighted by Crippen LogP contribution is 2.42. The number of nitrogens with one attached hydrogen (secondary N) is 1. The number of nitrogens with zero attached hydrogens (tertiary/aromatic N) is 2. The Kier molecular flexibility index (Phi) is 3.64. The molecule has 0 atom stereocenters. The van der Waals surface area contributed by atoms with E-state index in [0.717, 1.165) is 10.8 Å². The highest BCUT2D eigenvalue weighted by molar-refractivity contribution is 7.15. The summed E-state index contributed by atoms with van der Waals surface area (Å²) in [4.78, 5) is 12.1. The van der Waals surface area contributed by atoms with E-state index in [1.165, 1.54) is 24.2 Å². The van der Waals surface area contributed by atoms with Crippen molar-refractivity contribution in [3.05, 3.63) is 34.8 Å². The van der Waals surface area contributed by atoms with E-state index in [1.54, 1.807) is 24.3 Å². The molecule has 6 heteroatoms. The Morgan fingerprint density at radius 1 is 1.35 bits per heavy atom. The zero-order valence-electron chi connectivity index (χ0n) is 11.1. The van der Waals surface area contributed by atoms with Crippen LogP contribution in [0.1, 0.15) is 41.0 Å². The van der Waals surface area contributed by atoms with Gasteiger partial charge in [0.1, 0.15) is 10.8 Å². The normalized spacial score (nSPS) is 14.1. The quantitative estimate of drug-likeness (QED) is 0.918. The first-order valence-electron chi connectivity index (χ1n) is 6.64. The average Bonchev–Trinajstić information content (AvgIpc) is 3.21. The number of carbonyl (C=O) groups is 1. The van der Waals surface area contributed by atoms with Gasteiger partial charge in [0.25, 0.3) is 5.91 Å². The summed E-state index contributed by atoms with van der Waals surface area (Å²) >= 11 is 1.46. The maximum atomic E-state index is 12.1. The molecule has 0 saturated heterocycles. The molecule has 0 radical (unpaired) electrons. The molecule has 1 aromatic carbocycles. The molecule has 0 unspecified atom stereocenters. The smallest absolute Gasteiger partial charge is 0.257 e. The summed E-state index contributed by atoms with van der Waals surface area (Å²) in [5.74, 6) is 1.14. The lowest BCUT2D eigenvalue weighted by molar-refractivity contribution is 0.102. The lowest BCUT2D eigenvalue weighted by Gasteiger charge is -2.04. The van der Waals surface area contributed by atoms with Crippen LogP contribution in [-0.2, 0) is 0 Å². The zero-order chi connectivity index (χ0) is 13.9. The Labute approximate surface area is 121 Å². The van der Waals surface area contributed by atoms with Crippen LogP contribution in [0.5, 0.6) is 5.75 Å². The molecule has 1 aromatic heterocycles. The van der Waals surface area contributed by atoms with Crippen LogP contribution < -0.4 is 10.1 Å². The van der Waals surface area contributed by atoms with Crippen molar-refractivity contribution in [1.82, 2.24) is 10.2 Å². The van der Waals surface area contributed by atoms with Crippen LogP contribution in [0.2, 0.25) is 0 Å². The van der Waals surface area contributed by atoms with Crippen LogP contribution >= 0.6 is 11.3 Å². The van der Waals surface area contributed by atoms with Gasteiger partial charge < -0.3 is 4.74 Å². The molecule has 3 rings (SSSR count). The molecule has 1 aliphatic rings. The first-order valence-corrected chi connectivity index (χ1v) is 7.45. The number of aromatic nitrogens is 2. The van der Waals surface area contributed by atoms with Crippen molar-refractivity contribution in [2.24, 2.45) is 0 Å². The minimum absolute atomic E-state index is 0.174. The van der Waals surface area contributed by atoms with Crippen molar-refractivity contribution >= 4 is 22.4 Å². The van der Waals surface area contributed by atoms with Crippen molar-refractivity contribution in [2.75, 3.05) is 11.9 Å². The van der Waals surface area contributed by atoms with Gasteiger partial charge in [0.2, 0.25) is 5.13 Å². The lowest BCUT2D eigenvalue weighted by atomic mass is 10.2. The van der Waals surface area contributed by atoms with Crippen LogP contribution in [-0.4, -0.2) is 22.7 Å².